The largest absolute Gasteiger partial charge is 0.350 e. The van der Waals surface area contributed by atoms with Crippen LogP contribution in [-0.4, -0.2) is 29.2 Å². The van der Waals surface area contributed by atoms with E-state index in [1.54, 1.807) is 18.2 Å². The summed E-state index contributed by atoms with van der Waals surface area (Å²) in [5.41, 5.74) is 1.64. The van der Waals surface area contributed by atoms with Gasteiger partial charge in [0.15, 0.2) is 0 Å². The standard InChI is InChI=1S/C25H22BrN3O3S2/c1-15(2)14-29-24(31)21(27-17-7-5-16(26)6-8-17)22(25(29)32)34-19-11-9-18(10-12-19)28-23(30)20-4-3-13-33-20/h3-13,15,27H,14H2,1-2H3,(H,28,30). The molecule has 0 unspecified atom stereocenters. The third-order valence-electron chi connectivity index (χ3n) is 4.86. The van der Waals surface area contributed by atoms with Gasteiger partial charge in [-0.1, -0.05) is 47.6 Å². The van der Waals surface area contributed by atoms with Crippen LogP contribution in [-0.2, 0) is 9.59 Å². The number of halogens is 1. The summed E-state index contributed by atoms with van der Waals surface area (Å²) in [6.45, 7) is 4.29. The molecule has 0 bridgehead atoms. The Morgan fingerprint density at radius 3 is 2.29 bits per heavy atom. The smallest absolute Gasteiger partial charge is 0.278 e. The molecule has 4 rings (SSSR count). The number of carbonyl (C=O) groups is 3. The minimum atomic E-state index is -0.330. The molecule has 1 aliphatic rings. The second kappa shape index (κ2) is 10.6. The molecule has 6 nitrogen and oxygen atoms in total. The molecule has 0 spiro atoms. The number of anilines is 2. The fourth-order valence-corrected chi connectivity index (χ4v) is 5.12. The van der Waals surface area contributed by atoms with E-state index in [0.717, 1.165) is 15.1 Å². The summed E-state index contributed by atoms with van der Waals surface area (Å²) < 4.78 is 0.920. The maximum Gasteiger partial charge on any atom is 0.278 e. The van der Waals surface area contributed by atoms with Crippen LogP contribution in [0, 0.1) is 5.92 Å². The molecule has 3 aromatic rings. The van der Waals surface area contributed by atoms with Crippen molar-refractivity contribution in [3.05, 3.63) is 86.0 Å². The van der Waals surface area contributed by atoms with Gasteiger partial charge >= 0.3 is 0 Å². The van der Waals surface area contributed by atoms with Crippen LogP contribution in [0.4, 0.5) is 11.4 Å². The van der Waals surface area contributed by atoms with Gasteiger partial charge in [0.2, 0.25) is 0 Å². The van der Waals surface area contributed by atoms with Gasteiger partial charge in [0.25, 0.3) is 17.7 Å². The number of nitrogens with one attached hydrogen (secondary N) is 2. The molecular formula is C25H22BrN3O3S2. The lowest BCUT2D eigenvalue weighted by atomic mass is 10.2. The van der Waals surface area contributed by atoms with E-state index in [2.05, 4.69) is 26.6 Å². The first kappa shape index (κ1) is 24.3. The summed E-state index contributed by atoms with van der Waals surface area (Å²) in [5.74, 6) is -0.653. The Morgan fingerprint density at radius 2 is 1.68 bits per heavy atom. The average Bonchev–Trinajstić information content (AvgIpc) is 3.42. The Kier molecular flexibility index (Phi) is 7.55. The van der Waals surface area contributed by atoms with Crippen LogP contribution in [0.1, 0.15) is 23.5 Å². The van der Waals surface area contributed by atoms with Crippen LogP contribution < -0.4 is 10.6 Å². The molecule has 2 aromatic carbocycles. The van der Waals surface area contributed by atoms with E-state index in [0.29, 0.717) is 22.0 Å². The number of hydrogen-bond donors (Lipinski definition) is 2. The van der Waals surface area contributed by atoms with Crippen molar-refractivity contribution in [2.24, 2.45) is 5.92 Å². The van der Waals surface area contributed by atoms with Crippen LogP contribution in [0.3, 0.4) is 0 Å². The van der Waals surface area contributed by atoms with Crippen LogP contribution in [0.15, 0.2) is 86.0 Å². The summed E-state index contributed by atoms with van der Waals surface area (Å²) in [6.07, 6.45) is 0. The molecule has 9 heteroatoms. The quantitative estimate of drug-likeness (QED) is 0.323. The van der Waals surface area contributed by atoms with E-state index in [1.165, 1.54) is 28.0 Å². The monoisotopic (exact) mass is 555 g/mol. The maximum absolute atomic E-state index is 13.2. The van der Waals surface area contributed by atoms with Gasteiger partial charge in [0.05, 0.1) is 4.88 Å². The lowest BCUT2D eigenvalue weighted by molar-refractivity contribution is -0.137. The molecule has 1 aromatic heterocycles. The van der Waals surface area contributed by atoms with Crippen molar-refractivity contribution >= 4 is 68.1 Å². The third kappa shape index (κ3) is 5.60. The third-order valence-corrected chi connectivity index (χ3v) is 7.35. The van der Waals surface area contributed by atoms with E-state index in [4.69, 9.17) is 0 Å². The summed E-state index contributed by atoms with van der Waals surface area (Å²) in [4.78, 5) is 41.6. The molecule has 1 aliphatic heterocycles. The zero-order valence-electron chi connectivity index (χ0n) is 18.5. The van der Waals surface area contributed by atoms with Crippen LogP contribution in [0.5, 0.6) is 0 Å². The van der Waals surface area contributed by atoms with Crippen molar-refractivity contribution in [3.63, 3.8) is 0 Å². The number of imide groups is 1. The van der Waals surface area contributed by atoms with Gasteiger partial charge in [-0.2, -0.15) is 0 Å². The Bertz CT molecular complexity index is 1240. The second-order valence-corrected chi connectivity index (χ2v) is 11.0. The Labute approximate surface area is 214 Å². The first-order valence-electron chi connectivity index (χ1n) is 10.6. The number of thiophene rings is 1. The molecule has 3 amide bonds. The number of carbonyl (C=O) groups excluding carboxylic acids is 3. The van der Waals surface area contributed by atoms with E-state index in [9.17, 15) is 14.4 Å². The van der Waals surface area contributed by atoms with Gasteiger partial charge in [-0.3, -0.25) is 19.3 Å². The van der Waals surface area contributed by atoms with Gasteiger partial charge in [-0.05, 0) is 65.9 Å². The zero-order valence-corrected chi connectivity index (χ0v) is 21.7. The summed E-state index contributed by atoms with van der Waals surface area (Å²) in [7, 11) is 0. The number of thioether (sulfide) groups is 1. The van der Waals surface area contributed by atoms with E-state index < -0.39 is 0 Å². The SMILES string of the molecule is CC(C)CN1C(=O)C(Nc2ccc(Br)cc2)=C(Sc2ccc(NC(=O)c3cccs3)cc2)C1=O. The zero-order chi connectivity index (χ0) is 24.2. The number of nitrogens with zero attached hydrogens (tertiary/aromatic N) is 1. The van der Waals surface area contributed by atoms with E-state index >= 15 is 0 Å². The average molecular weight is 557 g/mol. The molecule has 0 saturated heterocycles. The van der Waals surface area contributed by atoms with Gasteiger partial charge in [-0.15, -0.1) is 11.3 Å². The highest BCUT2D eigenvalue weighted by molar-refractivity contribution is 9.10. The van der Waals surface area contributed by atoms with Crippen LogP contribution >= 0.6 is 39.0 Å². The highest BCUT2D eigenvalue weighted by Crippen LogP contribution is 2.36. The number of hydrogen-bond acceptors (Lipinski definition) is 6. The van der Waals surface area contributed by atoms with Crippen molar-refractivity contribution in [1.82, 2.24) is 4.90 Å². The van der Waals surface area contributed by atoms with Gasteiger partial charge in [0, 0.05) is 27.3 Å². The lowest BCUT2D eigenvalue weighted by Gasteiger charge is -2.17. The fourth-order valence-electron chi connectivity index (χ4n) is 3.29. The van der Waals surface area contributed by atoms with Crippen molar-refractivity contribution < 1.29 is 14.4 Å². The highest BCUT2D eigenvalue weighted by Gasteiger charge is 2.39. The number of benzene rings is 2. The first-order valence-corrected chi connectivity index (χ1v) is 13.1. The highest BCUT2D eigenvalue weighted by atomic mass is 79.9. The van der Waals surface area contributed by atoms with Crippen molar-refractivity contribution in [2.75, 3.05) is 17.2 Å². The minimum absolute atomic E-state index is 0.150. The maximum atomic E-state index is 13.2. The predicted molar refractivity (Wildman–Crippen MR) is 141 cm³/mol. The molecular weight excluding hydrogens is 534 g/mol. The second-order valence-electron chi connectivity index (χ2n) is 8.01. The number of amides is 3. The molecule has 0 atom stereocenters. The Hall–Kier alpha value is -2.88. The van der Waals surface area contributed by atoms with Crippen molar-refractivity contribution in [2.45, 2.75) is 18.7 Å². The Morgan fingerprint density at radius 1 is 1.00 bits per heavy atom. The molecule has 0 saturated carbocycles. The molecule has 0 aliphatic carbocycles. The van der Waals surface area contributed by atoms with Crippen molar-refractivity contribution in [3.8, 4) is 0 Å². The van der Waals surface area contributed by atoms with Crippen molar-refractivity contribution in [1.29, 1.82) is 0 Å². The van der Waals surface area contributed by atoms with Gasteiger partial charge in [0.1, 0.15) is 10.6 Å². The topological polar surface area (TPSA) is 78.5 Å². The van der Waals surface area contributed by atoms with E-state index in [-0.39, 0.29) is 29.3 Å². The van der Waals surface area contributed by atoms with Crippen LogP contribution in [0.2, 0.25) is 0 Å². The molecule has 174 valence electrons. The molecule has 2 heterocycles. The van der Waals surface area contributed by atoms with Gasteiger partial charge < -0.3 is 10.6 Å². The van der Waals surface area contributed by atoms with E-state index in [1.807, 2.05) is 61.7 Å². The Balaban J connectivity index is 1.56. The molecule has 2 N–H and O–H groups in total. The van der Waals surface area contributed by atoms with Gasteiger partial charge in [-0.25, -0.2) is 0 Å². The van der Waals surface area contributed by atoms with Crippen LogP contribution in [0.25, 0.3) is 0 Å². The normalized spacial score (nSPS) is 13.7. The minimum Gasteiger partial charge on any atom is -0.350 e. The lowest BCUT2D eigenvalue weighted by Crippen LogP contribution is -2.35. The summed E-state index contributed by atoms with van der Waals surface area (Å²) in [5, 5.41) is 7.86. The molecule has 0 radical (unpaired) electrons. The summed E-state index contributed by atoms with van der Waals surface area (Å²) >= 11 is 6.02. The first-order chi connectivity index (χ1) is 16.3. The summed E-state index contributed by atoms with van der Waals surface area (Å²) in [6, 6.07) is 18.2. The molecule has 34 heavy (non-hydrogen) atoms. The fraction of sp³-hybridized carbons (Fsp3) is 0.160. The molecule has 0 fully saturated rings. The number of rotatable bonds is 8. The predicted octanol–water partition coefficient (Wildman–Crippen LogP) is 6.20.